The molecule has 0 N–H and O–H groups in total. The predicted octanol–water partition coefficient (Wildman–Crippen LogP) is 2.26. The Morgan fingerprint density at radius 3 is 2.63 bits per heavy atom. The molecule has 0 bridgehead atoms. The van der Waals surface area contributed by atoms with Crippen LogP contribution in [0.25, 0.3) is 0 Å². The minimum absolute atomic E-state index is 0.0709. The molecule has 0 unspecified atom stereocenters. The predicted molar refractivity (Wildman–Crippen MR) is 74.7 cm³/mol. The summed E-state index contributed by atoms with van der Waals surface area (Å²) in [4.78, 5) is 29.4. The third-order valence-corrected chi connectivity index (χ3v) is 2.86. The van der Waals surface area contributed by atoms with Gasteiger partial charge in [-0.15, -0.1) is 0 Å². The fourth-order valence-electron chi connectivity index (χ4n) is 1.51. The average Bonchev–Trinajstić information content (AvgIpc) is 2.35. The molecule has 1 amide bonds. The van der Waals surface area contributed by atoms with Crippen molar-refractivity contribution in [3.8, 4) is 0 Å². The van der Waals surface area contributed by atoms with Gasteiger partial charge in [0.15, 0.2) is 0 Å². The van der Waals surface area contributed by atoms with Crippen molar-refractivity contribution in [1.82, 2.24) is 9.88 Å². The van der Waals surface area contributed by atoms with Gasteiger partial charge in [0.25, 0.3) is 5.91 Å². The van der Waals surface area contributed by atoms with Gasteiger partial charge in [0.05, 0.1) is 6.61 Å². The molecule has 1 aromatic heterocycles. The lowest BCUT2D eigenvalue weighted by Gasteiger charge is -2.25. The van der Waals surface area contributed by atoms with E-state index in [9.17, 15) is 9.59 Å². The van der Waals surface area contributed by atoms with Crippen LogP contribution in [0.4, 0.5) is 0 Å². The maximum atomic E-state index is 12.3. The summed E-state index contributed by atoms with van der Waals surface area (Å²) >= 11 is 3.22. The van der Waals surface area contributed by atoms with E-state index in [2.05, 4.69) is 20.9 Å². The summed E-state index contributed by atoms with van der Waals surface area (Å²) < 4.78 is 5.45. The maximum Gasteiger partial charge on any atom is 0.325 e. The molecule has 5 nitrogen and oxygen atoms in total. The van der Waals surface area contributed by atoms with Gasteiger partial charge in [-0.2, -0.15) is 0 Å². The van der Waals surface area contributed by atoms with Crippen LogP contribution in [0.5, 0.6) is 0 Å². The van der Waals surface area contributed by atoms with Gasteiger partial charge in [0, 0.05) is 6.04 Å². The van der Waals surface area contributed by atoms with Crippen LogP contribution in [-0.2, 0) is 9.53 Å². The van der Waals surface area contributed by atoms with Crippen LogP contribution >= 0.6 is 15.9 Å². The van der Waals surface area contributed by atoms with Crippen molar-refractivity contribution in [2.75, 3.05) is 13.2 Å². The molecular formula is C13H17BrN2O3. The van der Waals surface area contributed by atoms with Gasteiger partial charge in [0.1, 0.15) is 16.8 Å². The molecule has 0 aromatic carbocycles. The first kappa shape index (κ1) is 15.6. The third kappa shape index (κ3) is 4.63. The van der Waals surface area contributed by atoms with Crippen LogP contribution in [0.1, 0.15) is 31.3 Å². The number of hydrogen-bond acceptors (Lipinski definition) is 4. The number of pyridine rings is 1. The van der Waals surface area contributed by atoms with E-state index in [0.29, 0.717) is 16.9 Å². The Balaban J connectivity index is 2.87. The molecule has 0 radical (unpaired) electrons. The molecule has 0 spiro atoms. The van der Waals surface area contributed by atoms with Gasteiger partial charge in [-0.05, 0) is 48.8 Å². The summed E-state index contributed by atoms with van der Waals surface area (Å²) in [6, 6.07) is 4.97. The van der Waals surface area contributed by atoms with E-state index in [4.69, 9.17) is 4.74 Å². The van der Waals surface area contributed by atoms with E-state index in [1.165, 1.54) is 4.90 Å². The average molecular weight is 329 g/mol. The van der Waals surface area contributed by atoms with Crippen molar-refractivity contribution >= 4 is 27.8 Å². The Hall–Kier alpha value is -1.43. The largest absolute Gasteiger partial charge is 0.465 e. The number of carbonyl (C=O) groups is 2. The van der Waals surface area contributed by atoms with Crippen molar-refractivity contribution in [2.45, 2.75) is 26.8 Å². The molecule has 1 heterocycles. The summed E-state index contributed by atoms with van der Waals surface area (Å²) in [5.74, 6) is -0.705. The highest BCUT2D eigenvalue weighted by Crippen LogP contribution is 2.11. The van der Waals surface area contributed by atoms with Crippen LogP contribution in [0.3, 0.4) is 0 Å². The lowest BCUT2D eigenvalue weighted by molar-refractivity contribution is -0.144. The molecule has 0 aliphatic heterocycles. The lowest BCUT2D eigenvalue weighted by atomic mass is 10.2. The number of rotatable bonds is 5. The SMILES string of the molecule is CCOC(=O)CN(C(=O)c1cccc(Br)n1)C(C)C. The smallest absolute Gasteiger partial charge is 0.325 e. The van der Waals surface area contributed by atoms with Gasteiger partial charge in [0.2, 0.25) is 0 Å². The van der Waals surface area contributed by atoms with Gasteiger partial charge in [-0.1, -0.05) is 6.07 Å². The van der Waals surface area contributed by atoms with Gasteiger partial charge in [-0.25, -0.2) is 4.98 Å². The number of hydrogen-bond donors (Lipinski definition) is 0. The summed E-state index contributed by atoms with van der Waals surface area (Å²) in [6.45, 7) is 5.64. The van der Waals surface area contributed by atoms with Crippen molar-refractivity contribution in [1.29, 1.82) is 0 Å². The second kappa shape index (κ2) is 7.23. The van der Waals surface area contributed by atoms with Gasteiger partial charge < -0.3 is 9.64 Å². The van der Waals surface area contributed by atoms with E-state index in [0.717, 1.165) is 0 Å². The molecule has 0 aliphatic carbocycles. The minimum Gasteiger partial charge on any atom is -0.465 e. The first-order valence-electron chi connectivity index (χ1n) is 6.04. The molecule has 1 aromatic rings. The van der Waals surface area contributed by atoms with Crippen LogP contribution in [0.15, 0.2) is 22.8 Å². The van der Waals surface area contributed by atoms with Gasteiger partial charge >= 0.3 is 5.97 Å². The van der Waals surface area contributed by atoms with Crippen LogP contribution in [0.2, 0.25) is 0 Å². The van der Waals surface area contributed by atoms with Crippen molar-refractivity contribution in [2.24, 2.45) is 0 Å². The molecule has 6 heteroatoms. The van der Waals surface area contributed by atoms with Crippen LogP contribution in [-0.4, -0.2) is 41.0 Å². The number of ether oxygens (including phenoxy) is 1. The van der Waals surface area contributed by atoms with Crippen molar-refractivity contribution < 1.29 is 14.3 Å². The number of aromatic nitrogens is 1. The summed E-state index contributed by atoms with van der Waals surface area (Å²) in [5.41, 5.74) is 0.298. The Bertz CT molecular complexity index is 463. The molecule has 0 fully saturated rings. The second-order valence-electron chi connectivity index (χ2n) is 4.18. The monoisotopic (exact) mass is 328 g/mol. The molecule has 0 atom stereocenters. The number of nitrogens with zero attached hydrogens (tertiary/aromatic N) is 2. The molecule has 104 valence electrons. The normalized spacial score (nSPS) is 10.4. The van der Waals surface area contributed by atoms with Crippen molar-refractivity contribution in [3.63, 3.8) is 0 Å². The molecule has 0 saturated carbocycles. The quantitative estimate of drug-likeness (QED) is 0.614. The molecule has 0 saturated heterocycles. The van der Waals surface area contributed by atoms with E-state index in [1.807, 2.05) is 13.8 Å². The lowest BCUT2D eigenvalue weighted by Crippen LogP contribution is -2.41. The highest BCUT2D eigenvalue weighted by Gasteiger charge is 2.23. The number of halogens is 1. The summed E-state index contributed by atoms with van der Waals surface area (Å²) in [6.07, 6.45) is 0. The number of amides is 1. The first-order chi connectivity index (χ1) is 8.95. The zero-order valence-electron chi connectivity index (χ0n) is 11.2. The topological polar surface area (TPSA) is 59.5 Å². The van der Waals surface area contributed by atoms with E-state index < -0.39 is 5.97 Å². The second-order valence-corrected chi connectivity index (χ2v) is 4.99. The van der Waals surface area contributed by atoms with Gasteiger partial charge in [-0.3, -0.25) is 9.59 Å². The number of esters is 1. The zero-order chi connectivity index (χ0) is 14.4. The first-order valence-corrected chi connectivity index (χ1v) is 6.84. The Morgan fingerprint density at radius 1 is 1.42 bits per heavy atom. The molecule has 19 heavy (non-hydrogen) atoms. The highest BCUT2D eigenvalue weighted by molar-refractivity contribution is 9.10. The Kier molecular flexibility index (Phi) is 5.95. The third-order valence-electron chi connectivity index (χ3n) is 2.42. The van der Waals surface area contributed by atoms with E-state index >= 15 is 0 Å². The van der Waals surface area contributed by atoms with E-state index in [1.54, 1.807) is 25.1 Å². The molecule has 0 aliphatic rings. The Labute approximate surface area is 121 Å². The molecular weight excluding hydrogens is 312 g/mol. The molecule has 1 rings (SSSR count). The fourth-order valence-corrected chi connectivity index (χ4v) is 1.85. The van der Waals surface area contributed by atoms with Crippen LogP contribution in [0, 0.1) is 0 Å². The zero-order valence-corrected chi connectivity index (χ0v) is 12.8. The van der Waals surface area contributed by atoms with E-state index in [-0.39, 0.29) is 18.5 Å². The van der Waals surface area contributed by atoms with Crippen LogP contribution < -0.4 is 0 Å². The Morgan fingerprint density at radius 2 is 2.11 bits per heavy atom. The number of carbonyl (C=O) groups excluding carboxylic acids is 2. The maximum absolute atomic E-state index is 12.3. The summed E-state index contributed by atoms with van der Waals surface area (Å²) in [7, 11) is 0. The highest BCUT2D eigenvalue weighted by atomic mass is 79.9. The summed E-state index contributed by atoms with van der Waals surface area (Å²) in [5, 5.41) is 0. The van der Waals surface area contributed by atoms with Crippen molar-refractivity contribution in [3.05, 3.63) is 28.5 Å². The fraction of sp³-hybridized carbons (Fsp3) is 0.462. The minimum atomic E-state index is -0.417. The standard InChI is InChI=1S/C13H17BrN2O3/c1-4-19-12(17)8-16(9(2)3)13(18)10-6-5-7-11(14)15-10/h5-7,9H,4,8H2,1-3H3.